The van der Waals surface area contributed by atoms with E-state index < -0.39 is 5.97 Å². The van der Waals surface area contributed by atoms with Gasteiger partial charge in [0.25, 0.3) is 0 Å². The van der Waals surface area contributed by atoms with Crippen molar-refractivity contribution in [3.63, 3.8) is 0 Å². The number of hydrogen-bond donors (Lipinski definition) is 1. The van der Waals surface area contributed by atoms with E-state index in [9.17, 15) is 4.79 Å². The highest BCUT2D eigenvalue weighted by atomic mass is 16.4. The summed E-state index contributed by atoms with van der Waals surface area (Å²) in [5, 5.41) is 10.2. The highest BCUT2D eigenvalue weighted by Gasteiger charge is 2.25. The summed E-state index contributed by atoms with van der Waals surface area (Å²) in [5.74, 6) is -0.758. The second-order valence-corrected chi connectivity index (χ2v) is 5.96. The Hall–Kier alpha value is -1.77. The van der Waals surface area contributed by atoms with Gasteiger partial charge in [0.05, 0.1) is 6.42 Å². The summed E-state index contributed by atoms with van der Waals surface area (Å²) in [6.45, 7) is 8.18. The molecule has 2 aromatic rings. The molecule has 1 aromatic heterocycles. The van der Waals surface area contributed by atoms with Crippen molar-refractivity contribution in [2.75, 3.05) is 0 Å². The summed E-state index contributed by atoms with van der Waals surface area (Å²) < 4.78 is 2.18. The fourth-order valence-corrected chi connectivity index (χ4v) is 2.66. The van der Waals surface area contributed by atoms with Crippen molar-refractivity contribution in [2.45, 2.75) is 39.5 Å². The second kappa shape index (κ2) is 4.41. The van der Waals surface area contributed by atoms with Crippen LogP contribution in [0.25, 0.3) is 10.9 Å². The molecule has 0 amide bonds. The Kier molecular flexibility index (Phi) is 3.17. The zero-order valence-corrected chi connectivity index (χ0v) is 12.2. The third-order valence-electron chi connectivity index (χ3n) is 4.18. The average Bonchev–Trinajstić information content (AvgIpc) is 2.53. The molecule has 0 saturated carbocycles. The molecular formula is C16H21NO2. The summed E-state index contributed by atoms with van der Waals surface area (Å²) in [6, 6.07) is 6.28. The highest BCUT2D eigenvalue weighted by Crippen LogP contribution is 2.32. The van der Waals surface area contributed by atoms with Gasteiger partial charge in [-0.3, -0.25) is 4.79 Å². The molecule has 0 saturated heterocycles. The van der Waals surface area contributed by atoms with Gasteiger partial charge in [-0.1, -0.05) is 19.9 Å². The first-order valence-corrected chi connectivity index (χ1v) is 6.52. The zero-order valence-electron chi connectivity index (χ0n) is 12.2. The lowest BCUT2D eigenvalue weighted by molar-refractivity contribution is -0.138. The van der Waals surface area contributed by atoms with Crippen LogP contribution in [0.3, 0.4) is 0 Å². The van der Waals surface area contributed by atoms with Crippen molar-refractivity contribution in [1.29, 1.82) is 0 Å². The van der Waals surface area contributed by atoms with Gasteiger partial charge in [0.2, 0.25) is 0 Å². The van der Waals surface area contributed by atoms with Crippen molar-refractivity contribution >= 4 is 16.9 Å². The van der Waals surface area contributed by atoms with Crippen LogP contribution in [0.4, 0.5) is 0 Å². The minimum absolute atomic E-state index is 0.142. The molecule has 0 bridgehead atoms. The summed E-state index contributed by atoms with van der Waals surface area (Å²) in [6.07, 6.45) is 0.142. The van der Waals surface area contributed by atoms with Crippen molar-refractivity contribution in [3.8, 4) is 0 Å². The van der Waals surface area contributed by atoms with Crippen molar-refractivity contribution in [1.82, 2.24) is 4.57 Å². The van der Waals surface area contributed by atoms with Crippen LogP contribution >= 0.6 is 0 Å². The molecule has 19 heavy (non-hydrogen) atoms. The van der Waals surface area contributed by atoms with E-state index in [-0.39, 0.29) is 11.8 Å². The van der Waals surface area contributed by atoms with Gasteiger partial charge in [0.15, 0.2) is 0 Å². The standard InChI is InChI=1S/C16H21NO2/c1-10-11(2)17(5)14-7-6-12(8-13(10)14)16(3,4)9-15(18)19/h6-8H,9H2,1-5H3,(H,18,19). The van der Waals surface area contributed by atoms with E-state index in [0.29, 0.717) is 0 Å². The predicted octanol–water partition coefficient (Wildman–Crippen LogP) is 3.55. The number of aliphatic carboxylic acids is 1. The minimum atomic E-state index is -0.758. The van der Waals surface area contributed by atoms with E-state index in [4.69, 9.17) is 5.11 Å². The lowest BCUT2D eigenvalue weighted by Crippen LogP contribution is -2.21. The molecule has 1 N–H and O–H groups in total. The van der Waals surface area contributed by atoms with E-state index >= 15 is 0 Å². The highest BCUT2D eigenvalue weighted by molar-refractivity contribution is 5.86. The van der Waals surface area contributed by atoms with E-state index in [1.54, 1.807) is 0 Å². The first-order chi connectivity index (χ1) is 8.74. The Bertz CT molecular complexity index is 650. The van der Waals surface area contributed by atoms with Gasteiger partial charge >= 0.3 is 5.97 Å². The van der Waals surface area contributed by atoms with Crippen molar-refractivity contribution < 1.29 is 9.90 Å². The molecule has 3 heteroatoms. The number of aryl methyl sites for hydroxylation is 2. The molecule has 0 aliphatic heterocycles. The number of hydrogen-bond acceptors (Lipinski definition) is 1. The molecule has 0 atom stereocenters. The smallest absolute Gasteiger partial charge is 0.304 e. The van der Waals surface area contributed by atoms with E-state index in [0.717, 1.165) is 5.56 Å². The maximum Gasteiger partial charge on any atom is 0.304 e. The molecular weight excluding hydrogens is 238 g/mol. The molecule has 0 unspecified atom stereocenters. The number of carboxylic acids is 1. The van der Waals surface area contributed by atoms with Crippen LogP contribution in [0.15, 0.2) is 18.2 Å². The summed E-state index contributed by atoms with van der Waals surface area (Å²) in [5.41, 5.74) is 4.45. The molecule has 0 radical (unpaired) electrons. The van der Waals surface area contributed by atoms with Crippen LogP contribution in [0.2, 0.25) is 0 Å². The monoisotopic (exact) mass is 259 g/mol. The molecule has 0 fully saturated rings. The van der Waals surface area contributed by atoms with Crippen LogP contribution in [-0.2, 0) is 17.3 Å². The summed E-state index contributed by atoms with van der Waals surface area (Å²) >= 11 is 0. The van der Waals surface area contributed by atoms with Crippen molar-refractivity contribution in [2.24, 2.45) is 7.05 Å². The fraction of sp³-hybridized carbons (Fsp3) is 0.438. The minimum Gasteiger partial charge on any atom is -0.481 e. The lowest BCUT2D eigenvalue weighted by atomic mass is 9.81. The summed E-state index contributed by atoms with van der Waals surface area (Å²) in [4.78, 5) is 11.0. The Morgan fingerprint density at radius 3 is 2.53 bits per heavy atom. The topological polar surface area (TPSA) is 42.2 Å². The number of nitrogens with zero attached hydrogens (tertiary/aromatic N) is 1. The number of aromatic nitrogens is 1. The number of carbonyl (C=O) groups is 1. The van der Waals surface area contributed by atoms with Crippen LogP contribution in [0.5, 0.6) is 0 Å². The van der Waals surface area contributed by atoms with Gasteiger partial charge in [0.1, 0.15) is 0 Å². The van der Waals surface area contributed by atoms with Gasteiger partial charge in [-0.2, -0.15) is 0 Å². The number of benzene rings is 1. The average molecular weight is 259 g/mol. The molecule has 3 nitrogen and oxygen atoms in total. The van der Waals surface area contributed by atoms with Gasteiger partial charge in [-0.15, -0.1) is 0 Å². The molecule has 0 aliphatic rings. The number of fused-ring (bicyclic) bond motifs is 1. The van der Waals surface area contributed by atoms with E-state index in [1.165, 1.54) is 22.2 Å². The van der Waals surface area contributed by atoms with Crippen LogP contribution in [0.1, 0.15) is 37.1 Å². The Labute approximate surface area is 113 Å². The fourth-order valence-electron chi connectivity index (χ4n) is 2.66. The Morgan fingerprint density at radius 2 is 1.95 bits per heavy atom. The van der Waals surface area contributed by atoms with Crippen molar-refractivity contribution in [3.05, 3.63) is 35.0 Å². The second-order valence-electron chi connectivity index (χ2n) is 5.96. The number of carboxylic acid groups (broad SMARTS) is 1. The first kappa shape index (κ1) is 13.7. The maximum absolute atomic E-state index is 11.0. The van der Waals surface area contributed by atoms with Gasteiger partial charge in [-0.05, 0) is 37.1 Å². The SMILES string of the molecule is Cc1c(C)n(C)c2ccc(C(C)(C)CC(=O)O)cc12. The zero-order chi connectivity index (χ0) is 14.4. The quantitative estimate of drug-likeness (QED) is 0.916. The molecule has 2 rings (SSSR count). The van der Waals surface area contributed by atoms with Crippen LogP contribution in [0, 0.1) is 13.8 Å². The Morgan fingerprint density at radius 1 is 1.32 bits per heavy atom. The van der Waals surface area contributed by atoms with Gasteiger partial charge in [-0.25, -0.2) is 0 Å². The van der Waals surface area contributed by atoms with Gasteiger partial charge in [0, 0.05) is 29.1 Å². The van der Waals surface area contributed by atoms with Gasteiger partial charge < -0.3 is 9.67 Å². The van der Waals surface area contributed by atoms with Crippen LogP contribution in [-0.4, -0.2) is 15.6 Å². The first-order valence-electron chi connectivity index (χ1n) is 6.52. The third-order valence-corrected chi connectivity index (χ3v) is 4.18. The normalized spacial score (nSPS) is 12.1. The third kappa shape index (κ3) is 2.25. The molecule has 0 spiro atoms. The lowest BCUT2D eigenvalue weighted by Gasteiger charge is -2.23. The molecule has 0 aliphatic carbocycles. The molecule has 102 valence electrons. The van der Waals surface area contributed by atoms with E-state index in [1.807, 2.05) is 19.9 Å². The van der Waals surface area contributed by atoms with Crippen LogP contribution < -0.4 is 0 Å². The predicted molar refractivity (Wildman–Crippen MR) is 77.7 cm³/mol. The largest absolute Gasteiger partial charge is 0.481 e. The Balaban J connectivity index is 2.59. The number of rotatable bonds is 3. The molecule has 1 aromatic carbocycles. The summed E-state index contributed by atoms with van der Waals surface area (Å²) in [7, 11) is 2.06. The van der Waals surface area contributed by atoms with E-state index in [2.05, 4.69) is 37.6 Å². The maximum atomic E-state index is 11.0. The molecule has 1 heterocycles.